The number of halogens is 2. The van der Waals surface area contributed by atoms with Crippen LogP contribution in [0.1, 0.15) is 5.56 Å². The van der Waals surface area contributed by atoms with Crippen molar-refractivity contribution in [2.75, 3.05) is 7.11 Å². The topological polar surface area (TPSA) is 67.8 Å². The molecule has 0 amide bonds. The van der Waals surface area contributed by atoms with Crippen LogP contribution < -0.4 is 10.5 Å². The molecule has 0 unspecified atom stereocenters. The first-order valence-corrected chi connectivity index (χ1v) is 4.36. The number of ether oxygens (including phenoxy) is 1. The molecule has 0 saturated carbocycles. The number of methoxy groups -OCH3 is 1. The molecule has 0 spiro atoms. The number of nitrogens with two attached hydrogens (primary N) is 1. The van der Waals surface area contributed by atoms with Crippen molar-refractivity contribution < 1.29 is 9.94 Å². The van der Waals surface area contributed by atoms with Crippen LogP contribution in [0, 0.1) is 0 Å². The first-order valence-electron chi connectivity index (χ1n) is 3.61. The average molecular weight is 235 g/mol. The normalized spacial score (nSPS) is 11.5. The number of oxime groups is 1. The van der Waals surface area contributed by atoms with E-state index >= 15 is 0 Å². The molecule has 6 heteroatoms. The van der Waals surface area contributed by atoms with Crippen LogP contribution in [0.5, 0.6) is 5.75 Å². The minimum absolute atomic E-state index is 0.105. The molecule has 76 valence electrons. The minimum atomic E-state index is -0.105. The lowest BCUT2D eigenvalue weighted by Crippen LogP contribution is -2.14. The van der Waals surface area contributed by atoms with Crippen LogP contribution in [0.3, 0.4) is 0 Å². The maximum absolute atomic E-state index is 8.51. The third-order valence-corrected chi connectivity index (χ3v) is 2.10. The smallest absolute Gasteiger partial charge is 0.173 e. The highest BCUT2D eigenvalue weighted by Crippen LogP contribution is 2.31. The van der Waals surface area contributed by atoms with Gasteiger partial charge in [-0.05, 0) is 12.1 Å². The molecule has 0 aliphatic rings. The number of rotatable bonds is 2. The molecule has 3 N–H and O–H groups in total. The average Bonchev–Trinajstić information content (AvgIpc) is 2.15. The molecular formula is C8H8Cl2N2O2. The van der Waals surface area contributed by atoms with Crippen LogP contribution >= 0.6 is 23.2 Å². The standard InChI is InChI=1S/C8H8Cl2N2O2/c1-14-7-5(8(11)12-13)2-4(9)3-6(7)10/h2-3,13H,1H3,(H2,11,12). The van der Waals surface area contributed by atoms with Gasteiger partial charge >= 0.3 is 0 Å². The Bertz CT molecular complexity index is 380. The molecule has 0 bridgehead atoms. The molecule has 4 nitrogen and oxygen atoms in total. The van der Waals surface area contributed by atoms with Gasteiger partial charge in [0, 0.05) is 5.02 Å². The number of hydrogen-bond donors (Lipinski definition) is 2. The predicted molar refractivity (Wildman–Crippen MR) is 55.5 cm³/mol. The molecule has 0 atom stereocenters. The van der Waals surface area contributed by atoms with Gasteiger partial charge in [-0.2, -0.15) is 0 Å². The van der Waals surface area contributed by atoms with Crippen molar-refractivity contribution >= 4 is 29.0 Å². The summed E-state index contributed by atoms with van der Waals surface area (Å²) in [4.78, 5) is 0. The second kappa shape index (κ2) is 4.39. The monoisotopic (exact) mass is 234 g/mol. The largest absolute Gasteiger partial charge is 0.494 e. The van der Waals surface area contributed by atoms with E-state index in [0.717, 1.165) is 0 Å². The highest BCUT2D eigenvalue weighted by Gasteiger charge is 2.12. The lowest BCUT2D eigenvalue weighted by molar-refractivity contribution is 0.318. The highest BCUT2D eigenvalue weighted by molar-refractivity contribution is 6.36. The third-order valence-electron chi connectivity index (χ3n) is 1.60. The first kappa shape index (κ1) is 10.9. The van der Waals surface area contributed by atoms with Crippen molar-refractivity contribution in [2.24, 2.45) is 10.9 Å². The summed E-state index contributed by atoms with van der Waals surface area (Å²) in [6, 6.07) is 3.01. The van der Waals surface area contributed by atoms with E-state index in [-0.39, 0.29) is 5.84 Å². The molecule has 0 aliphatic heterocycles. The molecule has 0 radical (unpaired) electrons. The second-order valence-corrected chi connectivity index (χ2v) is 3.30. The van der Waals surface area contributed by atoms with Gasteiger partial charge < -0.3 is 15.7 Å². The molecule has 0 heterocycles. The fourth-order valence-electron chi connectivity index (χ4n) is 1.01. The molecule has 0 aliphatic carbocycles. The molecule has 1 aromatic carbocycles. The Morgan fingerprint density at radius 2 is 2.14 bits per heavy atom. The maximum Gasteiger partial charge on any atom is 0.173 e. The zero-order valence-electron chi connectivity index (χ0n) is 7.29. The molecule has 0 saturated heterocycles. The van der Waals surface area contributed by atoms with Crippen molar-refractivity contribution in [1.82, 2.24) is 0 Å². The summed E-state index contributed by atoms with van der Waals surface area (Å²) in [5.41, 5.74) is 5.77. The van der Waals surface area contributed by atoms with Crippen LogP contribution in [0.2, 0.25) is 10.0 Å². The van der Waals surface area contributed by atoms with E-state index in [4.69, 9.17) is 38.9 Å². The van der Waals surface area contributed by atoms with Gasteiger partial charge in [-0.25, -0.2) is 0 Å². The van der Waals surface area contributed by atoms with E-state index in [0.29, 0.717) is 21.4 Å². The molecule has 1 aromatic rings. The van der Waals surface area contributed by atoms with Crippen LogP contribution in [0.25, 0.3) is 0 Å². The minimum Gasteiger partial charge on any atom is -0.494 e. The summed E-state index contributed by atoms with van der Waals surface area (Å²) >= 11 is 11.6. The van der Waals surface area contributed by atoms with E-state index in [1.54, 1.807) is 0 Å². The van der Waals surface area contributed by atoms with E-state index in [2.05, 4.69) is 5.16 Å². The van der Waals surface area contributed by atoms with E-state index in [9.17, 15) is 0 Å². The summed E-state index contributed by atoms with van der Waals surface area (Å²) in [5, 5.41) is 12.1. The number of hydrogen-bond acceptors (Lipinski definition) is 3. The van der Waals surface area contributed by atoms with E-state index in [1.165, 1.54) is 19.2 Å². The molecule has 1 rings (SSSR count). The number of nitrogens with zero attached hydrogens (tertiary/aromatic N) is 1. The van der Waals surface area contributed by atoms with Gasteiger partial charge in [0.15, 0.2) is 5.84 Å². The van der Waals surface area contributed by atoms with E-state index < -0.39 is 0 Å². The Balaban J connectivity index is 3.39. The van der Waals surface area contributed by atoms with Crippen molar-refractivity contribution in [3.63, 3.8) is 0 Å². The zero-order valence-corrected chi connectivity index (χ0v) is 8.80. The first-order chi connectivity index (χ1) is 6.60. The fraction of sp³-hybridized carbons (Fsp3) is 0.125. The van der Waals surface area contributed by atoms with Gasteiger partial charge in [-0.1, -0.05) is 28.4 Å². The van der Waals surface area contributed by atoms with Crippen molar-refractivity contribution in [3.8, 4) is 5.75 Å². The van der Waals surface area contributed by atoms with Crippen LogP contribution in [-0.4, -0.2) is 18.2 Å². The predicted octanol–water partition coefficient (Wildman–Crippen LogP) is 2.10. The number of amidine groups is 1. The lowest BCUT2D eigenvalue weighted by atomic mass is 10.2. The van der Waals surface area contributed by atoms with Crippen molar-refractivity contribution in [2.45, 2.75) is 0 Å². The Morgan fingerprint density at radius 3 is 2.64 bits per heavy atom. The van der Waals surface area contributed by atoms with Crippen LogP contribution in [-0.2, 0) is 0 Å². The number of benzene rings is 1. The second-order valence-electron chi connectivity index (χ2n) is 2.45. The summed E-state index contributed by atoms with van der Waals surface area (Å²) < 4.78 is 4.99. The van der Waals surface area contributed by atoms with Gasteiger partial charge in [0.1, 0.15) is 5.75 Å². The van der Waals surface area contributed by atoms with Crippen LogP contribution in [0.15, 0.2) is 17.3 Å². The van der Waals surface area contributed by atoms with Gasteiger partial charge in [0.25, 0.3) is 0 Å². The van der Waals surface area contributed by atoms with Crippen LogP contribution in [0.4, 0.5) is 0 Å². The van der Waals surface area contributed by atoms with Gasteiger partial charge in [-0.15, -0.1) is 0 Å². The molecule has 0 aromatic heterocycles. The summed E-state index contributed by atoms with van der Waals surface area (Å²) in [6.45, 7) is 0. The maximum atomic E-state index is 8.51. The van der Waals surface area contributed by atoms with E-state index in [1.807, 2.05) is 0 Å². The molecular weight excluding hydrogens is 227 g/mol. The molecule has 14 heavy (non-hydrogen) atoms. The Labute approximate surface area is 90.9 Å². The third kappa shape index (κ3) is 2.02. The zero-order chi connectivity index (χ0) is 10.7. The lowest BCUT2D eigenvalue weighted by Gasteiger charge is -2.09. The quantitative estimate of drug-likeness (QED) is 0.357. The highest BCUT2D eigenvalue weighted by atomic mass is 35.5. The van der Waals surface area contributed by atoms with Gasteiger partial charge in [-0.3, -0.25) is 0 Å². The summed E-state index contributed by atoms with van der Waals surface area (Å²) in [7, 11) is 1.43. The van der Waals surface area contributed by atoms with Crippen molar-refractivity contribution in [3.05, 3.63) is 27.7 Å². The summed E-state index contributed by atoms with van der Waals surface area (Å²) in [5.74, 6) is 0.220. The Kier molecular flexibility index (Phi) is 3.43. The fourth-order valence-corrected chi connectivity index (χ4v) is 1.58. The molecule has 0 fully saturated rings. The Morgan fingerprint density at radius 1 is 1.50 bits per heavy atom. The SMILES string of the molecule is COc1c(Cl)cc(Cl)cc1/C(N)=N/O. The summed E-state index contributed by atoms with van der Waals surface area (Å²) in [6.07, 6.45) is 0. The van der Waals surface area contributed by atoms with Gasteiger partial charge in [0.2, 0.25) is 0 Å². The van der Waals surface area contributed by atoms with Crippen molar-refractivity contribution in [1.29, 1.82) is 0 Å². The Hall–Kier alpha value is -1.13. The van der Waals surface area contributed by atoms with Gasteiger partial charge in [0.05, 0.1) is 17.7 Å².